The number of amides is 1. The molecule has 1 fully saturated rings. The minimum atomic E-state index is 0.0714. The van der Waals surface area contributed by atoms with Crippen LogP contribution in [0.15, 0.2) is 12.3 Å². The van der Waals surface area contributed by atoms with Crippen molar-refractivity contribution in [3.63, 3.8) is 0 Å². The van der Waals surface area contributed by atoms with Gasteiger partial charge in [0.15, 0.2) is 0 Å². The van der Waals surface area contributed by atoms with E-state index < -0.39 is 0 Å². The standard InChI is InChI=1S/C11H17N3O/c1-9-4-3-6-14(8-9)11(15)10-5-7-13(2)12-10/h5,7,9H,3-4,6,8H2,1-2H3/t9-/m0/s1. The molecule has 0 aromatic carbocycles. The largest absolute Gasteiger partial charge is 0.337 e. The van der Waals surface area contributed by atoms with Gasteiger partial charge >= 0.3 is 0 Å². The highest BCUT2D eigenvalue weighted by molar-refractivity contribution is 5.92. The van der Waals surface area contributed by atoms with Crippen LogP contribution < -0.4 is 0 Å². The number of aromatic nitrogens is 2. The highest BCUT2D eigenvalue weighted by Gasteiger charge is 2.23. The van der Waals surface area contributed by atoms with Gasteiger partial charge in [-0.2, -0.15) is 5.10 Å². The van der Waals surface area contributed by atoms with E-state index in [0.717, 1.165) is 19.5 Å². The van der Waals surface area contributed by atoms with Crippen molar-refractivity contribution in [1.82, 2.24) is 14.7 Å². The molecule has 1 saturated heterocycles. The molecule has 2 heterocycles. The fraction of sp³-hybridized carbons (Fsp3) is 0.636. The molecule has 4 heteroatoms. The first-order valence-electron chi connectivity index (χ1n) is 5.46. The first kappa shape index (κ1) is 10.2. The van der Waals surface area contributed by atoms with Crippen LogP contribution in [0.2, 0.25) is 0 Å². The Labute approximate surface area is 89.9 Å². The Morgan fingerprint density at radius 2 is 2.40 bits per heavy atom. The van der Waals surface area contributed by atoms with E-state index in [-0.39, 0.29) is 5.91 Å². The Hall–Kier alpha value is -1.32. The molecule has 1 aromatic heterocycles. The van der Waals surface area contributed by atoms with E-state index in [1.807, 2.05) is 11.9 Å². The van der Waals surface area contributed by atoms with Crippen LogP contribution in [0, 0.1) is 5.92 Å². The zero-order valence-corrected chi connectivity index (χ0v) is 9.31. The van der Waals surface area contributed by atoms with Crippen LogP contribution in [0.3, 0.4) is 0 Å². The Morgan fingerprint density at radius 1 is 1.60 bits per heavy atom. The maximum Gasteiger partial charge on any atom is 0.274 e. The Bertz CT molecular complexity index is 358. The van der Waals surface area contributed by atoms with Crippen molar-refractivity contribution in [2.24, 2.45) is 13.0 Å². The minimum absolute atomic E-state index is 0.0714. The second kappa shape index (κ2) is 4.04. The fourth-order valence-electron chi connectivity index (χ4n) is 2.06. The monoisotopic (exact) mass is 207 g/mol. The molecule has 0 aliphatic carbocycles. The zero-order valence-electron chi connectivity index (χ0n) is 9.31. The van der Waals surface area contributed by atoms with Crippen molar-refractivity contribution in [2.45, 2.75) is 19.8 Å². The van der Waals surface area contributed by atoms with Crippen LogP contribution in [0.25, 0.3) is 0 Å². The van der Waals surface area contributed by atoms with Gasteiger partial charge in [-0.1, -0.05) is 6.92 Å². The van der Waals surface area contributed by atoms with Crippen LogP contribution in [0.5, 0.6) is 0 Å². The number of aryl methyl sites for hydroxylation is 1. The summed E-state index contributed by atoms with van der Waals surface area (Å²) in [6, 6.07) is 1.78. The maximum atomic E-state index is 12.0. The van der Waals surface area contributed by atoms with Gasteiger partial charge in [-0.05, 0) is 24.8 Å². The predicted molar refractivity (Wildman–Crippen MR) is 57.5 cm³/mol. The molecule has 15 heavy (non-hydrogen) atoms. The number of carbonyl (C=O) groups excluding carboxylic acids is 1. The van der Waals surface area contributed by atoms with E-state index in [1.54, 1.807) is 16.9 Å². The summed E-state index contributed by atoms with van der Waals surface area (Å²) >= 11 is 0. The third-order valence-corrected chi connectivity index (χ3v) is 2.88. The Kier molecular flexibility index (Phi) is 2.75. The lowest BCUT2D eigenvalue weighted by molar-refractivity contribution is 0.0676. The molecule has 1 aliphatic rings. The number of piperidine rings is 1. The van der Waals surface area contributed by atoms with Gasteiger partial charge in [0.1, 0.15) is 5.69 Å². The normalized spacial score (nSPS) is 21.7. The van der Waals surface area contributed by atoms with Crippen LogP contribution >= 0.6 is 0 Å². The number of nitrogens with zero attached hydrogens (tertiary/aromatic N) is 3. The van der Waals surface area contributed by atoms with Gasteiger partial charge < -0.3 is 4.90 Å². The molecule has 82 valence electrons. The first-order chi connectivity index (χ1) is 7.16. The van der Waals surface area contributed by atoms with E-state index >= 15 is 0 Å². The topological polar surface area (TPSA) is 38.1 Å². The van der Waals surface area contributed by atoms with Gasteiger partial charge in [0.05, 0.1) is 0 Å². The molecule has 4 nitrogen and oxygen atoms in total. The van der Waals surface area contributed by atoms with Crippen molar-refractivity contribution in [2.75, 3.05) is 13.1 Å². The average molecular weight is 207 g/mol. The first-order valence-corrected chi connectivity index (χ1v) is 5.46. The summed E-state index contributed by atoms with van der Waals surface area (Å²) in [7, 11) is 1.83. The Balaban J connectivity index is 2.07. The summed E-state index contributed by atoms with van der Waals surface area (Å²) in [5.41, 5.74) is 0.562. The van der Waals surface area contributed by atoms with E-state index in [1.165, 1.54) is 6.42 Å². The third kappa shape index (κ3) is 2.19. The number of rotatable bonds is 1. The third-order valence-electron chi connectivity index (χ3n) is 2.88. The molecule has 1 atom stereocenters. The van der Waals surface area contributed by atoms with Crippen LogP contribution in [-0.2, 0) is 7.05 Å². The summed E-state index contributed by atoms with van der Waals surface area (Å²) in [5, 5.41) is 4.14. The quantitative estimate of drug-likeness (QED) is 0.696. The number of likely N-dealkylation sites (tertiary alicyclic amines) is 1. The smallest absolute Gasteiger partial charge is 0.274 e. The summed E-state index contributed by atoms with van der Waals surface area (Å²) in [6.45, 7) is 3.94. The number of carbonyl (C=O) groups is 1. The summed E-state index contributed by atoms with van der Waals surface area (Å²) in [4.78, 5) is 13.9. The minimum Gasteiger partial charge on any atom is -0.337 e. The molecule has 1 aliphatic heterocycles. The van der Waals surface area contributed by atoms with Crippen LogP contribution in [0.4, 0.5) is 0 Å². The molecular weight excluding hydrogens is 190 g/mol. The van der Waals surface area contributed by atoms with Crippen molar-refractivity contribution in [1.29, 1.82) is 0 Å². The second-order valence-electron chi connectivity index (χ2n) is 4.37. The highest BCUT2D eigenvalue weighted by Crippen LogP contribution is 2.17. The van der Waals surface area contributed by atoms with E-state index in [9.17, 15) is 4.79 Å². The summed E-state index contributed by atoms with van der Waals surface area (Å²) in [5.74, 6) is 0.688. The highest BCUT2D eigenvalue weighted by atomic mass is 16.2. The SMILES string of the molecule is C[C@H]1CCCN(C(=O)c2ccn(C)n2)C1. The van der Waals surface area contributed by atoms with Crippen molar-refractivity contribution in [3.05, 3.63) is 18.0 Å². The van der Waals surface area contributed by atoms with Crippen molar-refractivity contribution in [3.8, 4) is 0 Å². The van der Waals surface area contributed by atoms with Crippen molar-refractivity contribution >= 4 is 5.91 Å². The molecule has 1 aromatic rings. The predicted octanol–water partition coefficient (Wildman–Crippen LogP) is 1.29. The Morgan fingerprint density at radius 3 is 3.00 bits per heavy atom. The molecular formula is C11H17N3O. The van der Waals surface area contributed by atoms with Gasteiger partial charge in [-0.3, -0.25) is 9.48 Å². The van der Waals surface area contributed by atoms with E-state index in [2.05, 4.69) is 12.0 Å². The van der Waals surface area contributed by atoms with Gasteiger partial charge in [0.2, 0.25) is 0 Å². The van der Waals surface area contributed by atoms with Gasteiger partial charge in [0.25, 0.3) is 5.91 Å². The summed E-state index contributed by atoms with van der Waals surface area (Å²) in [6.07, 6.45) is 4.15. The molecule has 0 spiro atoms. The van der Waals surface area contributed by atoms with Crippen molar-refractivity contribution < 1.29 is 4.79 Å². The lowest BCUT2D eigenvalue weighted by atomic mass is 10.0. The number of hydrogen-bond donors (Lipinski definition) is 0. The molecule has 0 radical (unpaired) electrons. The van der Waals surface area contributed by atoms with E-state index in [0.29, 0.717) is 11.6 Å². The van der Waals surface area contributed by atoms with Crippen LogP contribution in [-0.4, -0.2) is 33.7 Å². The molecule has 0 unspecified atom stereocenters. The lowest BCUT2D eigenvalue weighted by Crippen LogP contribution is -2.39. The number of hydrogen-bond acceptors (Lipinski definition) is 2. The molecule has 2 rings (SSSR count). The molecule has 0 N–H and O–H groups in total. The average Bonchev–Trinajstić information content (AvgIpc) is 2.64. The van der Waals surface area contributed by atoms with Gasteiger partial charge in [-0.25, -0.2) is 0 Å². The molecule has 1 amide bonds. The lowest BCUT2D eigenvalue weighted by Gasteiger charge is -2.30. The zero-order chi connectivity index (χ0) is 10.8. The van der Waals surface area contributed by atoms with Crippen LogP contribution in [0.1, 0.15) is 30.3 Å². The van der Waals surface area contributed by atoms with E-state index in [4.69, 9.17) is 0 Å². The second-order valence-corrected chi connectivity index (χ2v) is 4.37. The summed E-state index contributed by atoms with van der Waals surface area (Å²) < 4.78 is 1.67. The van der Waals surface area contributed by atoms with Gasteiger partial charge in [0, 0.05) is 26.3 Å². The maximum absolute atomic E-state index is 12.0. The molecule has 0 bridgehead atoms. The molecule has 0 saturated carbocycles. The fourth-order valence-corrected chi connectivity index (χ4v) is 2.06. The van der Waals surface area contributed by atoms with Gasteiger partial charge in [-0.15, -0.1) is 0 Å².